The zero-order chi connectivity index (χ0) is 24.9. The van der Waals surface area contributed by atoms with E-state index in [0.717, 1.165) is 28.9 Å². The average Bonchev–Trinajstić information content (AvgIpc) is 3.09. The van der Waals surface area contributed by atoms with Gasteiger partial charge < -0.3 is 8.39 Å². The lowest BCUT2D eigenvalue weighted by Crippen LogP contribution is -2.64. The largest absolute Gasteiger partial charge is 0.408 e. The third-order valence-electron chi connectivity index (χ3n) is 10.4. The van der Waals surface area contributed by atoms with Gasteiger partial charge in [-0.15, -0.1) is 0 Å². The summed E-state index contributed by atoms with van der Waals surface area (Å²) in [5, 5.41) is 7.26. The molecule has 37 heavy (non-hydrogen) atoms. The van der Waals surface area contributed by atoms with Gasteiger partial charge in [0.1, 0.15) is 11.2 Å². The van der Waals surface area contributed by atoms with E-state index < -0.39 is 8.16 Å². The maximum atomic E-state index is 7.03. The molecule has 0 unspecified atom stereocenters. The summed E-state index contributed by atoms with van der Waals surface area (Å²) in [5.41, 5.74) is 2.40. The van der Waals surface area contributed by atoms with E-state index in [4.69, 9.17) is 8.39 Å². The molecule has 4 aliphatic rings. The fourth-order valence-electron chi connectivity index (χ4n) is 8.24. The number of piperidine rings is 1. The third-order valence-corrected chi connectivity index (χ3v) is 12.1. The molecule has 0 N–H and O–H groups in total. The smallest absolute Gasteiger partial charge is 0.310 e. The highest BCUT2D eigenvalue weighted by Gasteiger charge is 2.60. The van der Waals surface area contributed by atoms with E-state index in [1.54, 1.807) is 0 Å². The number of benzene rings is 4. The number of rotatable bonds is 1. The van der Waals surface area contributed by atoms with Gasteiger partial charge in [0.15, 0.2) is 0 Å². The van der Waals surface area contributed by atoms with Gasteiger partial charge >= 0.3 is 8.16 Å². The van der Waals surface area contributed by atoms with Crippen LogP contribution in [-0.2, 0) is 0 Å². The maximum Gasteiger partial charge on any atom is 0.310 e. The molecule has 4 heteroatoms. The zero-order valence-corrected chi connectivity index (χ0v) is 22.7. The van der Waals surface area contributed by atoms with Crippen molar-refractivity contribution < 1.29 is 8.39 Å². The molecule has 5 atom stereocenters. The predicted molar refractivity (Wildman–Crippen MR) is 156 cm³/mol. The molecule has 1 aromatic heterocycles. The topological polar surface area (TPSA) is 29.5 Å². The van der Waals surface area contributed by atoms with Gasteiger partial charge in [-0.3, -0.25) is 0 Å². The van der Waals surface area contributed by atoms with Crippen molar-refractivity contribution in [2.45, 2.75) is 58.5 Å². The van der Waals surface area contributed by atoms with Crippen molar-refractivity contribution in [3.05, 3.63) is 72.8 Å². The molecule has 0 radical (unpaired) electrons. The molecule has 4 aromatic carbocycles. The van der Waals surface area contributed by atoms with Gasteiger partial charge in [-0.05, 0) is 89.5 Å². The van der Waals surface area contributed by atoms with E-state index in [0.29, 0.717) is 17.5 Å². The van der Waals surface area contributed by atoms with Crippen LogP contribution in [0.4, 0.5) is 0 Å². The van der Waals surface area contributed by atoms with E-state index in [1.807, 2.05) is 0 Å². The Morgan fingerprint density at radius 1 is 0.757 bits per heavy atom. The Kier molecular flexibility index (Phi) is 4.74. The first kappa shape index (κ1) is 22.3. The quantitative estimate of drug-likeness (QED) is 0.226. The second-order valence-electron chi connectivity index (χ2n) is 12.4. The molecule has 5 aromatic rings. The van der Waals surface area contributed by atoms with Crippen LogP contribution in [0, 0.1) is 23.2 Å². The molecule has 1 saturated heterocycles. The minimum absolute atomic E-state index is 0.457. The molecule has 1 aliphatic heterocycles. The van der Waals surface area contributed by atoms with Crippen LogP contribution in [0.5, 0.6) is 0 Å². The highest BCUT2D eigenvalue weighted by molar-refractivity contribution is 7.39. The van der Waals surface area contributed by atoms with Crippen molar-refractivity contribution in [1.82, 2.24) is 0 Å². The predicted octanol–water partition coefficient (Wildman–Crippen LogP) is 9.77. The van der Waals surface area contributed by atoms with Gasteiger partial charge in [0, 0.05) is 22.9 Å². The molecule has 2 heterocycles. The van der Waals surface area contributed by atoms with Crippen LogP contribution < -0.4 is 4.67 Å². The molecule has 3 saturated carbocycles. The number of nitrogens with zero attached hydrogens (tertiary/aromatic N) is 1. The molecular formula is C33H34NO2P. The van der Waals surface area contributed by atoms with Crippen LogP contribution in [0.15, 0.2) is 81.2 Å². The highest BCUT2D eigenvalue weighted by Crippen LogP contribution is 2.65. The Bertz CT molecular complexity index is 1640. The summed E-state index contributed by atoms with van der Waals surface area (Å²) >= 11 is 0. The molecular weight excluding hydrogens is 473 g/mol. The van der Waals surface area contributed by atoms with Crippen LogP contribution in [0.3, 0.4) is 0 Å². The minimum Gasteiger partial charge on any atom is -0.408 e. The van der Waals surface area contributed by atoms with Gasteiger partial charge in [-0.25, -0.2) is 0 Å². The standard InChI is InChI=1S/C33H34NO2P/c1-20-12-15-26-27-18-23(33(27,2)3)19-28(26)34(20)37-35-29-16-13-21-8-4-6-10-24(21)31(29)32-25-11-7-5-9-22(25)14-17-30(32)36-37/h4-11,13-14,16-17,20,23,26-28H,12,15,18-19H2,1-3H3/t20-,23-,26-,27-,28+/m0/s1. The van der Waals surface area contributed by atoms with Crippen molar-refractivity contribution >= 4 is 51.6 Å². The third kappa shape index (κ3) is 3.11. The molecule has 188 valence electrons. The van der Waals surface area contributed by atoms with E-state index in [-0.39, 0.29) is 0 Å². The Hall–Kier alpha value is -2.74. The van der Waals surface area contributed by atoms with E-state index in [9.17, 15) is 0 Å². The van der Waals surface area contributed by atoms with Crippen LogP contribution in [0.25, 0.3) is 43.5 Å². The van der Waals surface area contributed by atoms with E-state index >= 15 is 0 Å². The minimum atomic E-state index is -1.28. The number of hydrogen-bond donors (Lipinski definition) is 0. The number of fused-ring (bicyclic) bond motifs is 7. The Morgan fingerprint density at radius 2 is 1.35 bits per heavy atom. The molecule has 3 aliphatic carbocycles. The van der Waals surface area contributed by atoms with Crippen molar-refractivity contribution in [1.29, 1.82) is 0 Å². The van der Waals surface area contributed by atoms with Crippen LogP contribution >= 0.6 is 8.16 Å². The first-order chi connectivity index (χ1) is 18.0. The van der Waals surface area contributed by atoms with E-state index in [1.165, 1.54) is 58.0 Å². The van der Waals surface area contributed by atoms with Crippen LogP contribution in [0.2, 0.25) is 0 Å². The van der Waals surface area contributed by atoms with Gasteiger partial charge in [0.2, 0.25) is 0 Å². The lowest BCUT2D eigenvalue weighted by Gasteiger charge is -2.65. The molecule has 2 bridgehead atoms. The summed E-state index contributed by atoms with van der Waals surface area (Å²) in [4.78, 5) is 0. The number of hydrogen-bond acceptors (Lipinski definition) is 3. The Balaban J connectivity index is 1.44. The average molecular weight is 508 g/mol. The summed E-state index contributed by atoms with van der Waals surface area (Å²) in [5.74, 6) is 2.41. The Morgan fingerprint density at radius 3 is 1.95 bits per heavy atom. The maximum absolute atomic E-state index is 7.03. The van der Waals surface area contributed by atoms with Crippen molar-refractivity contribution in [2.75, 3.05) is 4.67 Å². The molecule has 0 amide bonds. The van der Waals surface area contributed by atoms with Gasteiger partial charge in [-0.2, -0.15) is 4.67 Å². The second kappa shape index (κ2) is 7.88. The molecule has 9 rings (SSSR count). The lowest BCUT2D eigenvalue weighted by atomic mass is 9.43. The second-order valence-corrected chi connectivity index (χ2v) is 13.7. The van der Waals surface area contributed by atoms with Crippen molar-refractivity contribution in [3.63, 3.8) is 0 Å². The summed E-state index contributed by atoms with van der Waals surface area (Å²) in [7, 11) is -1.28. The normalized spacial score (nSPS) is 28.9. The Labute approximate surface area is 219 Å². The van der Waals surface area contributed by atoms with Crippen LogP contribution in [-0.4, -0.2) is 12.1 Å². The monoisotopic (exact) mass is 507 g/mol. The fraction of sp³-hybridized carbons (Fsp3) is 0.394. The summed E-state index contributed by atoms with van der Waals surface area (Å²) in [6.07, 6.45) is 5.26. The van der Waals surface area contributed by atoms with Crippen molar-refractivity contribution in [3.8, 4) is 0 Å². The van der Waals surface area contributed by atoms with E-state index in [2.05, 4.69) is 98.2 Å². The summed E-state index contributed by atoms with van der Waals surface area (Å²) < 4.78 is 16.7. The summed E-state index contributed by atoms with van der Waals surface area (Å²) in [6, 6.07) is 27.1. The molecule has 3 nitrogen and oxygen atoms in total. The van der Waals surface area contributed by atoms with Crippen LogP contribution in [0.1, 0.15) is 46.5 Å². The lowest BCUT2D eigenvalue weighted by molar-refractivity contribution is -0.123. The molecule has 4 fully saturated rings. The summed E-state index contributed by atoms with van der Waals surface area (Å²) in [6.45, 7) is 7.42. The SMILES string of the molecule is C[C@H]1CC[C@@H]2[C@@H](C[C@@H]3C[C@@H]2C3(C)C)N1p1oc2ccc3ccccc3c2c2c(ccc3ccccc32)o1. The van der Waals surface area contributed by atoms with Gasteiger partial charge in [-0.1, -0.05) is 74.5 Å². The first-order valence-corrected chi connectivity index (χ1v) is 15.1. The zero-order valence-electron chi connectivity index (χ0n) is 21.9. The van der Waals surface area contributed by atoms with Gasteiger partial charge in [0.25, 0.3) is 0 Å². The van der Waals surface area contributed by atoms with Gasteiger partial charge in [0.05, 0.1) is 0 Å². The fourth-order valence-corrected chi connectivity index (χ4v) is 10.1. The first-order valence-electron chi connectivity index (χ1n) is 14.0. The molecule has 0 spiro atoms. The highest BCUT2D eigenvalue weighted by atomic mass is 31.1. The van der Waals surface area contributed by atoms with Crippen molar-refractivity contribution in [2.24, 2.45) is 23.2 Å².